The van der Waals surface area contributed by atoms with Gasteiger partial charge in [0.1, 0.15) is 0 Å². The van der Waals surface area contributed by atoms with E-state index >= 15 is 0 Å². The van der Waals surface area contributed by atoms with Gasteiger partial charge in [-0.25, -0.2) is 4.79 Å². The Labute approximate surface area is 161 Å². The molecular formula is C21H32N4O2. The third kappa shape index (κ3) is 5.22. The minimum atomic E-state index is -0.186. The van der Waals surface area contributed by atoms with Crippen molar-refractivity contribution < 1.29 is 9.59 Å². The van der Waals surface area contributed by atoms with E-state index in [0.717, 1.165) is 31.2 Å². The summed E-state index contributed by atoms with van der Waals surface area (Å²) in [5.74, 6) is 1.02. The molecule has 27 heavy (non-hydrogen) atoms. The fourth-order valence-electron chi connectivity index (χ4n) is 4.53. The highest BCUT2D eigenvalue weighted by molar-refractivity contribution is 5.94. The van der Waals surface area contributed by atoms with Crippen molar-refractivity contribution in [3.63, 3.8) is 0 Å². The molecule has 2 saturated carbocycles. The summed E-state index contributed by atoms with van der Waals surface area (Å²) < 4.78 is 0. The van der Waals surface area contributed by atoms with E-state index in [4.69, 9.17) is 5.73 Å². The third-order valence-electron chi connectivity index (χ3n) is 5.76. The minimum absolute atomic E-state index is 0.00979. The molecule has 148 valence electrons. The number of carbonyl (C=O) groups excluding carboxylic acids is 2. The molecule has 1 aromatic rings. The second-order valence-corrected chi connectivity index (χ2v) is 8.36. The Bertz CT molecular complexity index is 645. The molecule has 2 bridgehead atoms. The zero-order chi connectivity index (χ0) is 19.4. The zero-order valence-electron chi connectivity index (χ0n) is 16.3. The van der Waals surface area contributed by atoms with Gasteiger partial charge in [-0.3, -0.25) is 4.79 Å². The van der Waals surface area contributed by atoms with Gasteiger partial charge >= 0.3 is 6.03 Å². The second-order valence-electron chi connectivity index (χ2n) is 8.36. The molecule has 5 N–H and O–H groups in total. The summed E-state index contributed by atoms with van der Waals surface area (Å²) in [5, 5.41) is 8.88. The SMILES string of the molecule is CC(C)NC(=O)NCc1ccc(C(=O)NC2C3CCCC2CC(N)C3)cc1. The number of amides is 3. The molecule has 2 fully saturated rings. The van der Waals surface area contributed by atoms with Crippen LogP contribution in [0.2, 0.25) is 0 Å². The average molecular weight is 373 g/mol. The van der Waals surface area contributed by atoms with Crippen LogP contribution < -0.4 is 21.7 Å². The van der Waals surface area contributed by atoms with Crippen molar-refractivity contribution in [3.8, 4) is 0 Å². The fourth-order valence-corrected chi connectivity index (χ4v) is 4.53. The Morgan fingerprint density at radius 3 is 2.33 bits per heavy atom. The highest BCUT2D eigenvalue weighted by Crippen LogP contribution is 2.39. The molecule has 3 rings (SSSR count). The molecule has 0 radical (unpaired) electrons. The first kappa shape index (κ1) is 19.7. The second kappa shape index (κ2) is 8.74. The molecular weight excluding hydrogens is 340 g/mol. The molecule has 2 atom stereocenters. The van der Waals surface area contributed by atoms with E-state index in [-0.39, 0.29) is 30.1 Å². The van der Waals surface area contributed by atoms with E-state index in [0.29, 0.717) is 23.9 Å². The molecule has 2 aliphatic rings. The van der Waals surface area contributed by atoms with Crippen molar-refractivity contribution in [2.24, 2.45) is 17.6 Å². The third-order valence-corrected chi connectivity index (χ3v) is 5.76. The Hall–Kier alpha value is -2.08. The van der Waals surface area contributed by atoms with E-state index in [1.165, 1.54) is 6.42 Å². The maximum absolute atomic E-state index is 12.7. The van der Waals surface area contributed by atoms with Crippen LogP contribution in [0.25, 0.3) is 0 Å². The van der Waals surface area contributed by atoms with Crippen molar-refractivity contribution in [1.82, 2.24) is 16.0 Å². The summed E-state index contributed by atoms with van der Waals surface area (Å²) in [6, 6.07) is 7.90. The first-order valence-electron chi connectivity index (χ1n) is 10.1. The van der Waals surface area contributed by atoms with Gasteiger partial charge in [-0.05, 0) is 69.1 Å². The van der Waals surface area contributed by atoms with Crippen molar-refractivity contribution in [2.45, 2.75) is 70.6 Å². The van der Waals surface area contributed by atoms with Crippen molar-refractivity contribution in [3.05, 3.63) is 35.4 Å². The summed E-state index contributed by atoms with van der Waals surface area (Å²) in [6.45, 7) is 4.27. The molecule has 0 heterocycles. The van der Waals surface area contributed by atoms with Crippen LogP contribution in [-0.2, 0) is 6.54 Å². The number of hydrogen-bond acceptors (Lipinski definition) is 3. The Morgan fingerprint density at radius 1 is 1.11 bits per heavy atom. The van der Waals surface area contributed by atoms with Crippen LogP contribution in [0.5, 0.6) is 0 Å². The quantitative estimate of drug-likeness (QED) is 0.639. The Balaban J connectivity index is 1.54. The summed E-state index contributed by atoms with van der Waals surface area (Å²) >= 11 is 0. The van der Waals surface area contributed by atoms with E-state index in [9.17, 15) is 9.59 Å². The van der Waals surface area contributed by atoms with Crippen molar-refractivity contribution in [2.75, 3.05) is 0 Å². The molecule has 2 aliphatic carbocycles. The maximum atomic E-state index is 12.7. The Morgan fingerprint density at radius 2 is 1.74 bits per heavy atom. The van der Waals surface area contributed by atoms with Gasteiger partial charge in [0.05, 0.1) is 0 Å². The number of urea groups is 1. The molecule has 2 unspecified atom stereocenters. The first-order chi connectivity index (χ1) is 12.9. The Kier molecular flexibility index (Phi) is 6.37. The number of carbonyl (C=O) groups is 2. The number of hydrogen-bond donors (Lipinski definition) is 4. The molecule has 1 aromatic carbocycles. The van der Waals surface area contributed by atoms with Crippen LogP contribution in [0.15, 0.2) is 24.3 Å². The van der Waals surface area contributed by atoms with Gasteiger partial charge in [0.2, 0.25) is 0 Å². The maximum Gasteiger partial charge on any atom is 0.315 e. The van der Waals surface area contributed by atoms with Gasteiger partial charge in [0, 0.05) is 30.2 Å². The summed E-state index contributed by atoms with van der Waals surface area (Å²) in [4.78, 5) is 24.3. The summed E-state index contributed by atoms with van der Waals surface area (Å²) in [7, 11) is 0. The van der Waals surface area contributed by atoms with E-state index in [1.807, 2.05) is 38.1 Å². The lowest BCUT2D eigenvalue weighted by Crippen LogP contribution is -2.53. The topological polar surface area (TPSA) is 96.2 Å². The lowest BCUT2D eigenvalue weighted by molar-refractivity contribution is 0.0756. The number of benzene rings is 1. The van der Waals surface area contributed by atoms with Crippen LogP contribution in [0.3, 0.4) is 0 Å². The molecule has 6 nitrogen and oxygen atoms in total. The van der Waals surface area contributed by atoms with Crippen LogP contribution in [0.4, 0.5) is 4.79 Å². The highest BCUT2D eigenvalue weighted by atomic mass is 16.2. The normalized spacial score (nSPS) is 27.1. The number of rotatable bonds is 5. The summed E-state index contributed by atoms with van der Waals surface area (Å²) in [5.41, 5.74) is 7.80. The van der Waals surface area contributed by atoms with Gasteiger partial charge in [-0.15, -0.1) is 0 Å². The highest BCUT2D eigenvalue weighted by Gasteiger charge is 2.39. The lowest BCUT2D eigenvalue weighted by Gasteiger charge is -2.45. The average Bonchev–Trinajstić information content (AvgIpc) is 2.60. The monoisotopic (exact) mass is 372 g/mol. The van der Waals surface area contributed by atoms with Gasteiger partial charge in [-0.2, -0.15) is 0 Å². The van der Waals surface area contributed by atoms with Gasteiger partial charge in [0.25, 0.3) is 5.91 Å². The minimum Gasteiger partial charge on any atom is -0.349 e. The number of nitrogens with one attached hydrogen (secondary N) is 3. The molecule has 0 aromatic heterocycles. The van der Waals surface area contributed by atoms with E-state index in [2.05, 4.69) is 16.0 Å². The zero-order valence-corrected chi connectivity index (χ0v) is 16.3. The lowest BCUT2D eigenvalue weighted by atomic mass is 9.67. The van der Waals surface area contributed by atoms with Gasteiger partial charge < -0.3 is 21.7 Å². The van der Waals surface area contributed by atoms with Crippen LogP contribution in [-0.4, -0.2) is 30.1 Å². The van der Waals surface area contributed by atoms with Gasteiger partial charge in [0.15, 0.2) is 0 Å². The van der Waals surface area contributed by atoms with E-state index in [1.54, 1.807) is 0 Å². The molecule has 0 saturated heterocycles. The molecule has 0 spiro atoms. The predicted molar refractivity (Wildman–Crippen MR) is 106 cm³/mol. The van der Waals surface area contributed by atoms with Crippen LogP contribution in [0, 0.1) is 11.8 Å². The standard InChI is InChI=1S/C21H32N4O2/c1-13(2)24-21(27)23-12-14-6-8-15(9-7-14)20(26)25-19-16-4-3-5-17(19)11-18(22)10-16/h6-9,13,16-19H,3-5,10-12,22H2,1-2H3,(H,25,26)(H2,23,24,27). The molecule has 3 amide bonds. The molecule has 6 heteroatoms. The molecule has 0 aliphatic heterocycles. The first-order valence-corrected chi connectivity index (χ1v) is 10.1. The van der Waals surface area contributed by atoms with Crippen molar-refractivity contribution in [1.29, 1.82) is 0 Å². The van der Waals surface area contributed by atoms with Crippen molar-refractivity contribution >= 4 is 11.9 Å². The fraction of sp³-hybridized carbons (Fsp3) is 0.619. The smallest absolute Gasteiger partial charge is 0.315 e. The van der Waals surface area contributed by atoms with E-state index < -0.39 is 0 Å². The largest absolute Gasteiger partial charge is 0.349 e. The summed E-state index contributed by atoms with van der Waals surface area (Å²) in [6.07, 6.45) is 5.62. The van der Waals surface area contributed by atoms with Crippen LogP contribution >= 0.6 is 0 Å². The number of fused-ring (bicyclic) bond motifs is 2. The number of nitrogens with two attached hydrogens (primary N) is 1. The predicted octanol–water partition coefficient (Wildman–Crippen LogP) is 2.53. The van der Waals surface area contributed by atoms with Gasteiger partial charge in [-0.1, -0.05) is 18.6 Å². The van der Waals surface area contributed by atoms with Crippen LogP contribution in [0.1, 0.15) is 61.9 Å².